The smallest absolute Gasteiger partial charge is 0.231 e. The van der Waals surface area contributed by atoms with Gasteiger partial charge >= 0.3 is 0 Å². The Morgan fingerprint density at radius 2 is 2.28 bits per heavy atom. The summed E-state index contributed by atoms with van der Waals surface area (Å²) in [6.07, 6.45) is 0. The maximum atomic E-state index is 5.55. The minimum atomic E-state index is 0.200. The second-order valence-electron chi connectivity index (χ2n) is 3.88. The minimum absolute atomic E-state index is 0.200. The minimum Gasteiger partial charge on any atom is -0.454 e. The number of methoxy groups -OCH3 is 1. The molecule has 18 heavy (non-hydrogen) atoms. The van der Waals surface area contributed by atoms with Gasteiger partial charge in [0.2, 0.25) is 12.7 Å². The molecular formula is C12H12N2O4. The van der Waals surface area contributed by atoms with Crippen LogP contribution in [0.5, 0.6) is 11.5 Å². The number of nitrogens with two attached hydrogens (primary N) is 1. The molecule has 0 spiro atoms. The van der Waals surface area contributed by atoms with Crippen molar-refractivity contribution in [1.29, 1.82) is 0 Å². The molecular weight excluding hydrogens is 236 g/mol. The van der Waals surface area contributed by atoms with E-state index in [0.717, 1.165) is 11.1 Å². The summed E-state index contributed by atoms with van der Waals surface area (Å²) in [6, 6.07) is 5.41. The van der Waals surface area contributed by atoms with Crippen LogP contribution in [0.1, 0.15) is 5.56 Å². The Morgan fingerprint density at radius 1 is 1.39 bits per heavy atom. The van der Waals surface area contributed by atoms with Crippen molar-refractivity contribution in [1.82, 2.24) is 5.16 Å². The number of hydrogen-bond acceptors (Lipinski definition) is 6. The Bertz CT molecular complexity index is 579. The van der Waals surface area contributed by atoms with Crippen LogP contribution >= 0.6 is 0 Å². The van der Waals surface area contributed by atoms with Crippen LogP contribution in [-0.2, 0) is 11.3 Å². The molecule has 0 fully saturated rings. The van der Waals surface area contributed by atoms with E-state index in [1.54, 1.807) is 13.2 Å². The summed E-state index contributed by atoms with van der Waals surface area (Å²) >= 11 is 0. The van der Waals surface area contributed by atoms with Gasteiger partial charge in [-0.25, -0.2) is 0 Å². The second-order valence-corrected chi connectivity index (χ2v) is 3.88. The summed E-state index contributed by atoms with van der Waals surface area (Å²) < 4.78 is 20.9. The van der Waals surface area contributed by atoms with E-state index < -0.39 is 0 Å². The van der Waals surface area contributed by atoms with Gasteiger partial charge in [0, 0.05) is 13.2 Å². The lowest BCUT2D eigenvalue weighted by atomic mass is 10.0. The van der Waals surface area contributed by atoms with Gasteiger partial charge in [-0.05, 0) is 11.6 Å². The van der Waals surface area contributed by atoms with E-state index in [1.807, 2.05) is 12.1 Å². The Kier molecular flexibility index (Phi) is 2.56. The summed E-state index contributed by atoms with van der Waals surface area (Å²) in [5.74, 6) is 1.59. The SMILES string of the molecule is COCc1ccc2c(c1-c1cc(N)on1)OCO2. The lowest BCUT2D eigenvalue weighted by molar-refractivity contribution is 0.173. The maximum Gasteiger partial charge on any atom is 0.231 e. The number of rotatable bonds is 3. The highest BCUT2D eigenvalue weighted by Crippen LogP contribution is 2.43. The molecule has 2 aromatic rings. The lowest BCUT2D eigenvalue weighted by Gasteiger charge is -2.09. The molecule has 0 atom stereocenters. The Hall–Kier alpha value is -2.21. The van der Waals surface area contributed by atoms with E-state index in [0.29, 0.717) is 23.8 Å². The van der Waals surface area contributed by atoms with E-state index in [4.69, 9.17) is 24.5 Å². The molecule has 3 rings (SSSR count). The van der Waals surface area contributed by atoms with Crippen molar-refractivity contribution in [3.8, 4) is 22.8 Å². The highest BCUT2D eigenvalue weighted by Gasteiger charge is 2.24. The van der Waals surface area contributed by atoms with Gasteiger partial charge in [-0.2, -0.15) is 0 Å². The van der Waals surface area contributed by atoms with Crippen molar-refractivity contribution in [3.63, 3.8) is 0 Å². The molecule has 1 aromatic heterocycles. The van der Waals surface area contributed by atoms with E-state index in [-0.39, 0.29) is 12.7 Å². The topological polar surface area (TPSA) is 79.7 Å². The highest BCUT2D eigenvalue weighted by atomic mass is 16.7. The molecule has 0 bridgehead atoms. The molecule has 6 heteroatoms. The third-order valence-corrected chi connectivity index (χ3v) is 2.71. The predicted octanol–water partition coefficient (Wildman–Crippen LogP) is 1.80. The number of fused-ring (bicyclic) bond motifs is 1. The molecule has 6 nitrogen and oxygen atoms in total. The van der Waals surface area contributed by atoms with Gasteiger partial charge in [0.15, 0.2) is 11.5 Å². The highest BCUT2D eigenvalue weighted by molar-refractivity contribution is 5.76. The van der Waals surface area contributed by atoms with E-state index in [2.05, 4.69) is 5.16 Å². The molecule has 0 saturated heterocycles. The fourth-order valence-corrected chi connectivity index (χ4v) is 1.98. The van der Waals surface area contributed by atoms with Crippen LogP contribution < -0.4 is 15.2 Å². The van der Waals surface area contributed by atoms with E-state index in [1.165, 1.54) is 0 Å². The molecule has 1 aliphatic rings. The van der Waals surface area contributed by atoms with Crippen molar-refractivity contribution in [2.24, 2.45) is 0 Å². The Balaban J connectivity index is 2.18. The van der Waals surface area contributed by atoms with Crippen molar-refractivity contribution >= 4 is 5.88 Å². The first-order chi connectivity index (χ1) is 8.79. The number of nitrogen functional groups attached to an aromatic ring is 1. The summed E-state index contributed by atoms with van der Waals surface area (Å²) in [6.45, 7) is 0.644. The second kappa shape index (κ2) is 4.23. The van der Waals surface area contributed by atoms with Gasteiger partial charge in [-0.1, -0.05) is 11.2 Å². The third kappa shape index (κ3) is 1.67. The Morgan fingerprint density at radius 3 is 3.00 bits per heavy atom. The average Bonchev–Trinajstić information content (AvgIpc) is 2.97. The first-order valence-corrected chi connectivity index (χ1v) is 5.42. The van der Waals surface area contributed by atoms with Crippen LogP contribution in [0.2, 0.25) is 0 Å². The molecule has 94 valence electrons. The van der Waals surface area contributed by atoms with Crippen LogP contribution in [0.25, 0.3) is 11.3 Å². The number of aromatic nitrogens is 1. The molecule has 0 unspecified atom stereocenters. The van der Waals surface area contributed by atoms with Crippen LogP contribution in [-0.4, -0.2) is 19.1 Å². The van der Waals surface area contributed by atoms with Crippen molar-refractivity contribution in [2.45, 2.75) is 6.61 Å². The van der Waals surface area contributed by atoms with Crippen molar-refractivity contribution in [3.05, 3.63) is 23.8 Å². The molecule has 0 amide bonds. The normalized spacial score (nSPS) is 12.9. The monoisotopic (exact) mass is 248 g/mol. The zero-order valence-corrected chi connectivity index (χ0v) is 9.80. The first kappa shape index (κ1) is 10.9. The molecule has 1 aliphatic heterocycles. The summed E-state index contributed by atoms with van der Waals surface area (Å²) in [7, 11) is 1.63. The van der Waals surface area contributed by atoms with Crippen molar-refractivity contribution in [2.75, 3.05) is 19.6 Å². The number of ether oxygens (including phenoxy) is 3. The predicted molar refractivity (Wildman–Crippen MR) is 63.2 cm³/mol. The molecule has 0 saturated carbocycles. The number of hydrogen-bond donors (Lipinski definition) is 1. The van der Waals surface area contributed by atoms with Gasteiger partial charge < -0.3 is 24.5 Å². The fraction of sp³-hybridized carbons (Fsp3) is 0.250. The number of benzene rings is 1. The van der Waals surface area contributed by atoms with Gasteiger partial charge in [-0.3, -0.25) is 0 Å². The summed E-state index contributed by atoms with van der Waals surface area (Å²) in [5.41, 5.74) is 7.90. The molecule has 2 heterocycles. The standard InChI is InChI=1S/C12H12N2O4/c1-15-5-7-2-3-9-12(17-6-16-9)11(7)8-4-10(13)18-14-8/h2-4H,5-6,13H2,1H3. The summed E-state index contributed by atoms with van der Waals surface area (Å²) in [5, 5.41) is 3.92. The van der Waals surface area contributed by atoms with Crippen LogP contribution in [0, 0.1) is 0 Å². The van der Waals surface area contributed by atoms with E-state index >= 15 is 0 Å². The summed E-state index contributed by atoms with van der Waals surface area (Å²) in [4.78, 5) is 0. The van der Waals surface area contributed by atoms with Gasteiger partial charge in [0.1, 0.15) is 5.69 Å². The zero-order valence-electron chi connectivity index (χ0n) is 9.80. The van der Waals surface area contributed by atoms with Crippen LogP contribution in [0.4, 0.5) is 5.88 Å². The van der Waals surface area contributed by atoms with Gasteiger partial charge in [-0.15, -0.1) is 0 Å². The van der Waals surface area contributed by atoms with Crippen LogP contribution in [0.3, 0.4) is 0 Å². The van der Waals surface area contributed by atoms with Gasteiger partial charge in [0.25, 0.3) is 0 Å². The third-order valence-electron chi connectivity index (χ3n) is 2.71. The zero-order chi connectivity index (χ0) is 12.5. The van der Waals surface area contributed by atoms with Gasteiger partial charge in [0.05, 0.1) is 12.2 Å². The molecule has 1 aromatic carbocycles. The number of nitrogens with zero attached hydrogens (tertiary/aromatic N) is 1. The molecule has 0 aliphatic carbocycles. The van der Waals surface area contributed by atoms with Crippen molar-refractivity contribution < 1.29 is 18.7 Å². The molecule has 2 N–H and O–H groups in total. The lowest BCUT2D eigenvalue weighted by Crippen LogP contribution is -1.96. The average molecular weight is 248 g/mol. The quantitative estimate of drug-likeness (QED) is 0.892. The fourth-order valence-electron chi connectivity index (χ4n) is 1.98. The van der Waals surface area contributed by atoms with Crippen LogP contribution in [0.15, 0.2) is 22.7 Å². The maximum absolute atomic E-state index is 5.55. The number of anilines is 1. The largest absolute Gasteiger partial charge is 0.454 e. The molecule has 0 radical (unpaired) electrons. The first-order valence-electron chi connectivity index (χ1n) is 5.42. The van der Waals surface area contributed by atoms with E-state index in [9.17, 15) is 0 Å². The Labute approximate surface area is 103 Å².